The molecule has 0 saturated heterocycles. The van der Waals surface area contributed by atoms with Crippen molar-refractivity contribution in [3.63, 3.8) is 0 Å². The number of hydrogen-bond donors (Lipinski definition) is 7. The zero-order valence-electron chi connectivity index (χ0n) is 19.7. The number of quaternary nitrogens is 1. The molecule has 0 saturated carbocycles. The number of rotatable bonds is 7. The fourth-order valence-corrected chi connectivity index (χ4v) is 0.385. The number of nitriles is 1. The van der Waals surface area contributed by atoms with Gasteiger partial charge in [-0.25, -0.2) is 0 Å². The molecule has 0 aromatic carbocycles. The van der Waals surface area contributed by atoms with Crippen molar-refractivity contribution in [2.24, 2.45) is 5.73 Å². The van der Waals surface area contributed by atoms with Gasteiger partial charge in [-0.05, 0) is 55.4 Å². The predicted octanol–water partition coefficient (Wildman–Crippen LogP) is -1.30. The number of carbonyl (C=O) groups is 2. The molecule has 0 bridgehead atoms. The third kappa shape index (κ3) is 46.3. The fraction of sp³-hybridized carbons (Fsp3) is 0.789. The first-order chi connectivity index (χ1) is 12.4. The van der Waals surface area contributed by atoms with Crippen LogP contribution in [0.4, 0.5) is 0 Å². The molecule has 0 unspecified atom stereocenters. The van der Waals surface area contributed by atoms with E-state index >= 15 is 0 Å². The molecule has 0 heterocycles. The molecule has 0 radical (unpaired) electrons. The Kier molecular flexibility index (Phi) is 23.9. The number of amides is 2. The number of aliphatic hydroxyl groups is 3. The van der Waals surface area contributed by atoms with E-state index in [0.29, 0.717) is 12.8 Å². The van der Waals surface area contributed by atoms with Crippen molar-refractivity contribution in [3.05, 3.63) is 7.43 Å². The second kappa shape index (κ2) is 18.3. The third-order valence-electron chi connectivity index (χ3n) is 2.38. The topological polar surface area (TPSA) is 196 Å². The van der Waals surface area contributed by atoms with E-state index < -0.39 is 16.6 Å². The molecule has 0 aliphatic heterocycles. The Bertz CT molecular complexity index is 422. The lowest BCUT2D eigenvalue weighted by Crippen LogP contribution is -2.71. The van der Waals surface area contributed by atoms with E-state index in [9.17, 15) is 9.59 Å². The van der Waals surface area contributed by atoms with Gasteiger partial charge in [-0.15, -0.1) is 0 Å². The minimum Gasteiger partial charge on any atom is -0.394 e. The summed E-state index contributed by atoms with van der Waals surface area (Å²) in [5.74, 6) is 0. The normalized spacial score (nSPS) is 10.6. The summed E-state index contributed by atoms with van der Waals surface area (Å²) in [7, 11) is 0. The number of nitrogens with two attached hydrogens (primary N) is 1. The molecular formula is C19H45N5O5. The highest BCUT2D eigenvalue weighted by atomic mass is 16.3. The largest absolute Gasteiger partial charge is 0.394 e. The molecule has 0 aliphatic rings. The van der Waals surface area contributed by atoms with E-state index in [-0.39, 0.29) is 32.8 Å². The number of carbonyl (C=O) groups excluding carboxylic acids is 2. The van der Waals surface area contributed by atoms with E-state index in [1.165, 1.54) is 0 Å². The molecule has 176 valence electrons. The van der Waals surface area contributed by atoms with E-state index in [0.717, 1.165) is 0 Å². The van der Waals surface area contributed by atoms with Gasteiger partial charge < -0.3 is 44.8 Å². The summed E-state index contributed by atoms with van der Waals surface area (Å²) in [6.07, 6.45) is 1.10. The van der Waals surface area contributed by atoms with Crippen molar-refractivity contribution in [3.8, 4) is 6.07 Å². The Morgan fingerprint density at radius 1 is 0.897 bits per heavy atom. The van der Waals surface area contributed by atoms with Gasteiger partial charge in [0.05, 0.1) is 31.4 Å². The molecular weight excluding hydrogens is 378 g/mol. The summed E-state index contributed by atoms with van der Waals surface area (Å²) in [6, 6.07) is 1.90. The number of nitrogens with zero attached hydrogens (tertiary/aromatic N) is 1. The van der Waals surface area contributed by atoms with Crippen molar-refractivity contribution in [2.45, 2.75) is 77.5 Å². The molecule has 0 fully saturated rings. The van der Waals surface area contributed by atoms with Crippen LogP contribution in [0, 0.1) is 18.8 Å². The highest BCUT2D eigenvalue weighted by molar-refractivity contribution is 5.48. The van der Waals surface area contributed by atoms with Gasteiger partial charge in [-0.1, -0.05) is 0 Å². The monoisotopic (exact) mass is 423 g/mol. The molecule has 29 heavy (non-hydrogen) atoms. The number of hydrogen-bond acceptors (Lipinski definition) is 7. The molecule has 0 aliphatic carbocycles. The van der Waals surface area contributed by atoms with Crippen molar-refractivity contribution in [1.82, 2.24) is 10.6 Å². The quantitative estimate of drug-likeness (QED) is 0.195. The average molecular weight is 424 g/mol. The van der Waals surface area contributed by atoms with Gasteiger partial charge >= 0.3 is 0 Å². The Morgan fingerprint density at radius 2 is 1.21 bits per heavy atom. The SMILES string of the molecule is CC(C)(C#N)NC=O.CC(C)(CO)NC=O.CC(C)(N)CO.CC(C)([NH3+])CO.[CH3-]. The molecule has 0 rings (SSSR count). The molecule has 10 nitrogen and oxygen atoms in total. The lowest BCUT2D eigenvalue weighted by Gasteiger charge is -2.19. The molecule has 2 amide bonds. The molecule has 10 heteroatoms. The van der Waals surface area contributed by atoms with Gasteiger partial charge in [0.15, 0.2) is 0 Å². The maximum absolute atomic E-state index is 9.76. The third-order valence-corrected chi connectivity index (χ3v) is 2.38. The van der Waals surface area contributed by atoms with Crippen LogP contribution < -0.4 is 22.1 Å². The summed E-state index contributed by atoms with van der Waals surface area (Å²) in [4.78, 5) is 19.5. The minimum absolute atomic E-state index is 0. The lowest BCUT2D eigenvalue weighted by atomic mass is 10.1. The van der Waals surface area contributed by atoms with Crippen LogP contribution in [0.2, 0.25) is 0 Å². The second-order valence-corrected chi connectivity index (χ2v) is 8.77. The average Bonchev–Trinajstić information content (AvgIpc) is 2.55. The van der Waals surface area contributed by atoms with E-state index in [1.54, 1.807) is 41.5 Å². The maximum Gasteiger partial charge on any atom is 0.208 e. The Balaban J connectivity index is -0.0000000881. The first kappa shape index (κ1) is 37.9. The first-order valence-corrected chi connectivity index (χ1v) is 8.67. The molecule has 0 aromatic heterocycles. The number of aliphatic hydroxyl groups excluding tert-OH is 3. The smallest absolute Gasteiger partial charge is 0.208 e. The van der Waals surface area contributed by atoms with Crippen LogP contribution in [0.25, 0.3) is 0 Å². The van der Waals surface area contributed by atoms with E-state index in [1.807, 2.05) is 19.9 Å². The van der Waals surface area contributed by atoms with Crippen molar-refractivity contribution >= 4 is 12.8 Å². The molecule has 10 N–H and O–H groups in total. The fourth-order valence-electron chi connectivity index (χ4n) is 0.385. The highest BCUT2D eigenvalue weighted by Crippen LogP contribution is 1.96. The van der Waals surface area contributed by atoms with Crippen LogP contribution in [0.5, 0.6) is 0 Å². The van der Waals surface area contributed by atoms with Crippen LogP contribution in [0.1, 0.15) is 55.4 Å². The standard InChI is InChI=1S/C5H8N2O.C5H11NO2.2C4H11NO.CH3/c1-5(2,3-6)7-4-8;1-5(2,3-7)6-4-8;2*1-4(2,5)3-6;/h4H,1-2H3,(H,7,8);4,7H,3H2,1-2H3,(H,6,8);2*6H,3,5H2,1-2H3;1H3/q;;;;-1/p+1. The first-order valence-electron chi connectivity index (χ1n) is 8.67. The van der Waals surface area contributed by atoms with Gasteiger partial charge in [-0.3, -0.25) is 9.59 Å². The Labute approximate surface area is 176 Å². The number of nitrogens with one attached hydrogen (secondary N) is 2. The van der Waals surface area contributed by atoms with Gasteiger partial charge in [-0.2, -0.15) is 5.26 Å². The summed E-state index contributed by atoms with van der Waals surface area (Å²) in [5.41, 5.74) is 7.18. The van der Waals surface area contributed by atoms with Crippen LogP contribution in [0.3, 0.4) is 0 Å². The van der Waals surface area contributed by atoms with Crippen LogP contribution >= 0.6 is 0 Å². The molecule has 0 spiro atoms. The second-order valence-electron chi connectivity index (χ2n) is 8.77. The summed E-state index contributed by atoms with van der Waals surface area (Å²) >= 11 is 0. The summed E-state index contributed by atoms with van der Waals surface area (Å²) in [6.45, 7) is 14.2. The van der Waals surface area contributed by atoms with E-state index in [2.05, 4.69) is 16.4 Å². The van der Waals surface area contributed by atoms with E-state index in [4.69, 9.17) is 26.3 Å². The van der Waals surface area contributed by atoms with Crippen molar-refractivity contribution in [1.29, 1.82) is 5.26 Å². The summed E-state index contributed by atoms with van der Waals surface area (Å²) in [5, 5.41) is 38.1. The zero-order valence-corrected chi connectivity index (χ0v) is 19.7. The Hall–Kier alpha value is -1.77. The van der Waals surface area contributed by atoms with Gasteiger partial charge in [0, 0.05) is 5.54 Å². The minimum atomic E-state index is -0.720. The molecule has 0 aromatic rings. The zero-order chi connectivity index (χ0) is 23.7. The highest BCUT2D eigenvalue weighted by Gasteiger charge is 2.13. The van der Waals surface area contributed by atoms with Gasteiger partial charge in [0.2, 0.25) is 12.8 Å². The predicted molar refractivity (Wildman–Crippen MR) is 115 cm³/mol. The Morgan fingerprint density at radius 3 is 1.28 bits per heavy atom. The van der Waals surface area contributed by atoms with Crippen molar-refractivity contribution < 1.29 is 30.6 Å². The van der Waals surface area contributed by atoms with Gasteiger partial charge in [0.25, 0.3) is 0 Å². The summed E-state index contributed by atoms with van der Waals surface area (Å²) < 4.78 is 0. The van der Waals surface area contributed by atoms with Crippen LogP contribution in [-0.2, 0) is 9.59 Å². The van der Waals surface area contributed by atoms with Crippen LogP contribution in [0.15, 0.2) is 0 Å². The van der Waals surface area contributed by atoms with Gasteiger partial charge in [0.1, 0.15) is 11.1 Å². The van der Waals surface area contributed by atoms with Crippen molar-refractivity contribution in [2.75, 3.05) is 19.8 Å². The lowest BCUT2D eigenvalue weighted by molar-refractivity contribution is -0.471. The maximum atomic E-state index is 9.76. The van der Waals surface area contributed by atoms with Crippen LogP contribution in [-0.4, -0.2) is 70.1 Å². The molecule has 0 atom stereocenters.